The monoisotopic (exact) mass is 920 g/mol. The third kappa shape index (κ3) is 24.8. The normalized spacial score (nSPS) is 27.2. The van der Waals surface area contributed by atoms with E-state index >= 15 is 0 Å². The van der Waals surface area contributed by atoms with E-state index in [4.69, 9.17) is 18.9 Å². The van der Waals surface area contributed by atoms with Crippen LogP contribution in [0.25, 0.3) is 0 Å². The Morgan fingerprint density at radius 3 is 1.33 bits per heavy atom. The molecule has 0 aromatic heterocycles. The van der Waals surface area contributed by atoms with Gasteiger partial charge in [-0.25, -0.2) is 0 Å². The molecule has 14 nitrogen and oxygen atoms in total. The van der Waals surface area contributed by atoms with E-state index in [1.165, 1.54) is 148 Å². The Balaban J connectivity index is 1.59. The van der Waals surface area contributed by atoms with E-state index in [0.717, 1.165) is 38.5 Å². The van der Waals surface area contributed by atoms with Crippen LogP contribution in [0.3, 0.4) is 0 Å². The molecule has 9 N–H and O–H groups in total. The molecule has 2 aliphatic rings. The summed E-state index contributed by atoms with van der Waals surface area (Å²) in [4.78, 5) is 12.8. The number of carbonyl (C=O) groups excluding carboxylic acids is 1. The molecule has 0 saturated carbocycles. The van der Waals surface area contributed by atoms with Gasteiger partial charge in [-0.1, -0.05) is 200 Å². The molecule has 0 aromatic rings. The first kappa shape index (κ1) is 59.1. The maximum absolute atomic E-state index is 12.8. The van der Waals surface area contributed by atoms with Crippen LogP contribution in [0.2, 0.25) is 0 Å². The minimum atomic E-state index is -1.78. The van der Waals surface area contributed by atoms with Gasteiger partial charge in [0.1, 0.15) is 48.8 Å². The molecular weight excluding hydrogens is 823 g/mol. The number of ether oxygens (including phenoxy) is 4. The zero-order valence-corrected chi connectivity index (χ0v) is 40.3. The van der Waals surface area contributed by atoms with Crippen LogP contribution in [0, 0.1) is 0 Å². The van der Waals surface area contributed by atoms with Gasteiger partial charge in [-0.15, -0.1) is 0 Å². The first-order chi connectivity index (χ1) is 31.1. The average Bonchev–Trinajstić information content (AvgIpc) is 3.29. The van der Waals surface area contributed by atoms with Gasteiger partial charge in [0.25, 0.3) is 0 Å². The summed E-state index contributed by atoms with van der Waals surface area (Å²) >= 11 is 0. The maximum Gasteiger partial charge on any atom is 0.220 e. The topological polar surface area (TPSA) is 228 Å². The molecule has 2 aliphatic heterocycles. The van der Waals surface area contributed by atoms with Crippen molar-refractivity contribution >= 4 is 5.91 Å². The van der Waals surface area contributed by atoms with Crippen molar-refractivity contribution in [2.75, 3.05) is 19.8 Å². The summed E-state index contributed by atoms with van der Waals surface area (Å²) in [6.07, 6.45) is 22.4. The van der Waals surface area contributed by atoms with Gasteiger partial charge in [0.15, 0.2) is 12.6 Å². The lowest BCUT2D eigenvalue weighted by atomic mass is 9.97. The lowest BCUT2D eigenvalue weighted by Crippen LogP contribution is -2.65. The first-order valence-electron chi connectivity index (χ1n) is 26.3. The molecule has 14 heteroatoms. The number of carbonyl (C=O) groups is 1. The Kier molecular flexibility index (Phi) is 35.0. The third-order valence-electron chi connectivity index (χ3n) is 13.3. The molecule has 380 valence electrons. The van der Waals surface area contributed by atoms with Crippen LogP contribution in [0.15, 0.2) is 0 Å². The fourth-order valence-corrected chi connectivity index (χ4v) is 9.00. The average molecular weight is 920 g/mol. The number of rotatable bonds is 41. The molecule has 0 bridgehead atoms. The van der Waals surface area contributed by atoms with Crippen molar-refractivity contribution in [3.63, 3.8) is 0 Å². The smallest absolute Gasteiger partial charge is 0.220 e. The molecule has 1 amide bonds. The number of aliphatic hydroxyl groups excluding tert-OH is 8. The van der Waals surface area contributed by atoms with Gasteiger partial charge in [0, 0.05) is 6.42 Å². The molecule has 12 unspecified atom stereocenters. The van der Waals surface area contributed by atoms with E-state index in [9.17, 15) is 45.6 Å². The second-order valence-corrected chi connectivity index (χ2v) is 19.0. The van der Waals surface area contributed by atoms with Crippen LogP contribution in [0.1, 0.15) is 219 Å². The minimum Gasteiger partial charge on any atom is -0.394 e. The predicted molar refractivity (Wildman–Crippen MR) is 249 cm³/mol. The summed E-state index contributed by atoms with van der Waals surface area (Å²) in [6, 6.07) is -0.818. The van der Waals surface area contributed by atoms with Gasteiger partial charge in [0.2, 0.25) is 5.91 Å². The first-order valence-corrected chi connectivity index (χ1v) is 26.3. The lowest BCUT2D eigenvalue weighted by molar-refractivity contribution is -0.359. The lowest BCUT2D eigenvalue weighted by Gasteiger charge is -2.46. The van der Waals surface area contributed by atoms with E-state index in [0.29, 0.717) is 19.3 Å². The van der Waals surface area contributed by atoms with Gasteiger partial charge >= 0.3 is 0 Å². The predicted octanol–water partition coefficient (Wildman–Crippen LogP) is 7.00. The van der Waals surface area contributed by atoms with Crippen LogP contribution >= 0.6 is 0 Å². The summed E-state index contributed by atoms with van der Waals surface area (Å²) in [7, 11) is 0. The summed E-state index contributed by atoms with van der Waals surface area (Å²) in [5, 5.41) is 86.3. The molecule has 2 saturated heterocycles. The van der Waals surface area contributed by atoms with Gasteiger partial charge in [0.05, 0.1) is 32.0 Å². The number of hydrogen-bond acceptors (Lipinski definition) is 13. The summed E-state index contributed by atoms with van der Waals surface area (Å²) in [6.45, 7) is 2.69. The third-order valence-corrected chi connectivity index (χ3v) is 13.3. The zero-order chi connectivity index (χ0) is 46.8. The number of unbranched alkanes of at least 4 members (excludes halogenated alkanes) is 28. The Hall–Kier alpha value is -1.01. The van der Waals surface area contributed by atoms with E-state index < -0.39 is 86.8 Å². The largest absolute Gasteiger partial charge is 0.394 e. The molecule has 2 fully saturated rings. The zero-order valence-electron chi connectivity index (χ0n) is 40.3. The van der Waals surface area contributed by atoms with Gasteiger partial charge in [-0.3, -0.25) is 4.79 Å². The van der Waals surface area contributed by atoms with Crippen molar-refractivity contribution in [2.45, 2.75) is 293 Å². The van der Waals surface area contributed by atoms with E-state index in [1.807, 2.05) is 6.92 Å². The highest BCUT2D eigenvalue weighted by Gasteiger charge is 2.51. The fraction of sp³-hybridized carbons (Fsp3) is 0.980. The molecule has 0 aromatic carbocycles. The van der Waals surface area contributed by atoms with Crippen molar-refractivity contribution in [3.05, 3.63) is 0 Å². The molecule has 0 spiro atoms. The van der Waals surface area contributed by atoms with E-state index in [2.05, 4.69) is 12.2 Å². The molecule has 12 atom stereocenters. The van der Waals surface area contributed by atoms with E-state index in [-0.39, 0.29) is 12.5 Å². The van der Waals surface area contributed by atoms with Crippen molar-refractivity contribution in [3.8, 4) is 0 Å². The quantitative estimate of drug-likeness (QED) is 0.0282. The SMILES string of the molecule is CCCCCCCCCCCCCCCCCCCCCCCCCCCCCC(O)C(COC1OC(CO)C(OC2OC(CO)C(O)C(O)C2O)C(O)C1O)NC(=O)CCCCC. The maximum atomic E-state index is 12.8. The van der Waals surface area contributed by atoms with Crippen LogP contribution < -0.4 is 5.32 Å². The second-order valence-electron chi connectivity index (χ2n) is 19.0. The molecule has 2 rings (SSSR count). The molecule has 0 aliphatic carbocycles. The van der Waals surface area contributed by atoms with Crippen molar-refractivity contribution in [2.24, 2.45) is 0 Å². The molecule has 64 heavy (non-hydrogen) atoms. The van der Waals surface area contributed by atoms with Crippen LogP contribution in [0.5, 0.6) is 0 Å². The highest BCUT2D eigenvalue weighted by molar-refractivity contribution is 5.76. The molecule has 2 heterocycles. The Labute approximate surface area is 387 Å². The van der Waals surface area contributed by atoms with Gasteiger partial charge in [-0.2, -0.15) is 0 Å². The van der Waals surface area contributed by atoms with Crippen LogP contribution in [-0.4, -0.2) is 140 Å². The highest BCUT2D eigenvalue weighted by Crippen LogP contribution is 2.30. The molecular formula is C50H97NO13. The molecule has 0 radical (unpaired) electrons. The van der Waals surface area contributed by atoms with Gasteiger partial charge < -0.3 is 65.1 Å². The van der Waals surface area contributed by atoms with Crippen LogP contribution in [0.4, 0.5) is 0 Å². The summed E-state index contributed by atoms with van der Waals surface area (Å²) in [5.41, 5.74) is 0. The Morgan fingerprint density at radius 2 is 0.891 bits per heavy atom. The number of hydrogen-bond donors (Lipinski definition) is 9. The standard InChI is InChI=1S/C50H97NO13/c1-3-5-7-8-9-10-11-12-13-14-15-16-17-18-19-20-21-22-23-24-25-26-27-28-29-30-32-33-39(54)38(51-42(55)34-31-6-4-2)37-61-49-47(60)45(58)48(41(36-53)63-49)64-50-46(59)44(57)43(56)40(35-52)62-50/h38-41,43-50,52-54,56-60H,3-37H2,1-2H3,(H,51,55). The number of aliphatic hydroxyl groups is 8. The van der Waals surface area contributed by atoms with Gasteiger partial charge in [-0.05, 0) is 12.8 Å². The number of amides is 1. The number of nitrogens with one attached hydrogen (secondary N) is 1. The summed E-state index contributed by atoms with van der Waals surface area (Å²) in [5.74, 6) is -0.229. The highest BCUT2D eigenvalue weighted by atomic mass is 16.7. The van der Waals surface area contributed by atoms with Crippen LogP contribution in [-0.2, 0) is 23.7 Å². The minimum absolute atomic E-state index is 0.229. The Morgan fingerprint density at radius 1 is 0.500 bits per heavy atom. The summed E-state index contributed by atoms with van der Waals surface area (Å²) < 4.78 is 22.6. The van der Waals surface area contributed by atoms with E-state index in [1.54, 1.807) is 0 Å². The second kappa shape index (κ2) is 37.9. The van der Waals surface area contributed by atoms with Crippen molar-refractivity contribution in [1.29, 1.82) is 0 Å². The fourth-order valence-electron chi connectivity index (χ4n) is 9.00. The van der Waals surface area contributed by atoms with Crippen molar-refractivity contribution < 1.29 is 64.6 Å². The Bertz CT molecular complexity index is 1090. The van der Waals surface area contributed by atoms with Crippen molar-refractivity contribution in [1.82, 2.24) is 5.32 Å².